The zero-order valence-corrected chi connectivity index (χ0v) is 15.0. The van der Waals surface area contributed by atoms with Crippen molar-refractivity contribution in [1.29, 1.82) is 0 Å². The van der Waals surface area contributed by atoms with E-state index in [4.69, 9.17) is 4.74 Å². The van der Waals surface area contributed by atoms with Crippen LogP contribution in [0.4, 0.5) is 5.82 Å². The SMILES string of the molecule is C=CCOc1ccc([C@@H]2CC(=O)Nc3nc(SCC=C)[nH]c(=O)c32)cc1. The van der Waals surface area contributed by atoms with Crippen LogP contribution in [0.2, 0.25) is 0 Å². The molecule has 0 spiro atoms. The molecular formula is C19H19N3O3S. The predicted molar refractivity (Wildman–Crippen MR) is 103 cm³/mol. The Morgan fingerprint density at radius 1 is 1.23 bits per heavy atom. The van der Waals surface area contributed by atoms with Crippen LogP contribution in [0, 0.1) is 0 Å². The molecule has 1 aliphatic heterocycles. The van der Waals surface area contributed by atoms with Crippen LogP contribution in [0.3, 0.4) is 0 Å². The van der Waals surface area contributed by atoms with Crippen LogP contribution in [0.15, 0.2) is 59.5 Å². The van der Waals surface area contributed by atoms with Gasteiger partial charge in [-0.2, -0.15) is 0 Å². The second kappa shape index (κ2) is 8.05. The zero-order valence-electron chi connectivity index (χ0n) is 14.2. The van der Waals surface area contributed by atoms with E-state index in [9.17, 15) is 9.59 Å². The van der Waals surface area contributed by atoms with E-state index >= 15 is 0 Å². The van der Waals surface area contributed by atoms with Crippen LogP contribution in [-0.4, -0.2) is 28.2 Å². The molecule has 1 aromatic heterocycles. The van der Waals surface area contributed by atoms with Crippen LogP contribution in [-0.2, 0) is 4.79 Å². The van der Waals surface area contributed by atoms with Crippen LogP contribution in [0.5, 0.6) is 5.75 Å². The highest BCUT2D eigenvalue weighted by atomic mass is 32.2. The van der Waals surface area contributed by atoms with E-state index in [2.05, 4.69) is 28.4 Å². The van der Waals surface area contributed by atoms with Crippen molar-refractivity contribution in [2.45, 2.75) is 17.5 Å². The van der Waals surface area contributed by atoms with Gasteiger partial charge in [0.1, 0.15) is 18.2 Å². The molecule has 134 valence electrons. The van der Waals surface area contributed by atoms with Crippen molar-refractivity contribution >= 4 is 23.5 Å². The Bertz CT molecular complexity index is 890. The summed E-state index contributed by atoms with van der Waals surface area (Å²) in [6.07, 6.45) is 3.59. The quantitative estimate of drug-likeness (QED) is 0.445. The molecule has 1 amide bonds. The van der Waals surface area contributed by atoms with Gasteiger partial charge in [0.15, 0.2) is 5.16 Å². The number of aromatic nitrogens is 2. The molecule has 6 nitrogen and oxygen atoms in total. The Morgan fingerprint density at radius 3 is 2.69 bits per heavy atom. The third-order valence-electron chi connectivity index (χ3n) is 3.92. The molecule has 0 fully saturated rings. The largest absolute Gasteiger partial charge is 0.490 e. The smallest absolute Gasteiger partial charge is 0.257 e. The first-order chi connectivity index (χ1) is 12.6. The maximum atomic E-state index is 12.6. The molecule has 2 aromatic rings. The summed E-state index contributed by atoms with van der Waals surface area (Å²) in [6.45, 7) is 7.68. The number of nitrogens with one attached hydrogen (secondary N) is 2. The normalized spacial score (nSPS) is 15.7. The summed E-state index contributed by atoms with van der Waals surface area (Å²) in [5.41, 5.74) is 1.11. The minimum Gasteiger partial charge on any atom is -0.490 e. The molecule has 0 aliphatic carbocycles. The van der Waals surface area contributed by atoms with Crippen LogP contribution in [0.25, 0.3) is 0 Å². The number of anilines is 1. The van der Waals surface area contributed by atoms with Crippen LogP contribution >= 0.6 is 11.8 Å². The average molecular weight is 369 g/mol. The van der Waals surface area contributed by atoms with Gasteiger partial charge in [0, 0.05) is 18.1 Å². The zero-order chi connectivity index (χ0) is 18.5. The Hall–Kier alpha value is -2.80. The van der Waals surface area contributed by atoms with Gasteiger partial charge in [-0.1, -0.05) is 42.6 Å². The van der Waals surface area contributed by atoms with Crippen molar-refractivity contribution in [3.8, 4) is 5.75 Å². The summed E-state index contributed by atoms with van der Waals surface area (Å²) in [5.74, 6) is 1.14. The van der Waals surface area contributed by atoms with E-state index in [1.54, 1.807) is 12.2 Å². The number of thioether (sulfide) groups is 1. The number of nitrogens with zero attached hydrogens (tertiary/aromatic N) is 1. The Kier molecular flexibility index (Phi) is 5.58. The lowest BCUT2D eigenvalue weighted by Gasteiger charge is -2.24. The highest BCUT2D eigenvalue weighted by Crippen LogP contribution is 2.35. The molecule has 7 heteroatoms. The average Bonchev–Trinajstić information content (AvgIpc) is 2.64. The summed E-state index contributed by atoms with van der Waals surface area (Å²) in [6, 6.07) is 7.37. The van der Waals surface area contributed by atoms with Gasteiger partial charge < -0.3 is 15.0 Å². The standard InChI is InChI=1S/C19H19N3O3S/c1-3-9-25-13-7-5-12(6-8-13)14-11-15(23)20-17-16(14)18(24)22-19(21-17)26-10-4-2/h3-8,14H,1-2,9-11H2,(H2,20,21,22,23,24)/t14-/m0/s1. The molecule has 1 aliphatic rings. The molecule has 0 bridgehead atoms. The lowest BCUT2D eigenvalue weighted by Crippen LogP contribution is -2.31. The number of fused-ring (bicyclic) bond motifs is 1. The predicted octanol–water partition coefficient (Wildman–Crippen LogP) is 3.09. The fraction of sp³-hybridized carbons (Fsp3) is 0.211. The molecule has 3 rings (SSSR count). The van der Waals surface area contributed by atoms with Crippen molar-refractivity contribution < 1.29 is 9.53 Å². The van der Waals surface area contributed by atoms with Gasteiger partial charge in [0.2, 0.25) is 5.91 Å². The number of hydrogen-bond acceptors (Lipinski definition) is 5. The number of aromatic amines is 1. The molecular weight excluding hydrogens is 350 g/mol. The van der Waals surface area contributed by atoms with Crippen molar-refractivity contribution in [3.63, 3.8) is 0 Å². The van der Waals surface area contributed by atoms with Gasteiger partial charge in [-0.3, -0.25) is 9.59 Å². The van der Waals surface area contributed by atoms with E-state index in [0.29, 0.717) is 34.6 Å². The summed E-state index contributed by atoms with van der Waals surface area (Å²) >= 11 is 1.35. The number of carbonyl (C=O) groups excluding carboxylic acids is 1. The molecule has 26 heavy (non-hydrogen) atoms. The van der Waals surface area contributed by atoms with E-state index in [1.165, 1.54) is 11.8 Å². The molecule has 0 radical (unpaired) electrons. The topological polar surface area (TPSA) is 84.1 Å². The number of carbonyl (C=O) groups is 1. The van der Waals surface area contributed by atoms with Gasteiger partial charge in [0.05, 0.1) is 5.56 Å². The number of amides is 1. The second-order valence-electron chi connectivity index (χ2n) is 5.71. The summed E-state index contributed by atoms with van der Waals surface area (Å²) in [4.78, 5) is 31.9. The van der Waals surface area contributed by atoms with Crippen molar-refractivity contribution in [3.05, 3.63) is 71.1 Å². The highest BCUT2D eigenvalue weighted by molar-refractivity contribution is 7.99. The number of rotatable bonds is 7. The molecule has 1 atom stereocenters. The first kappa shape index (κ1) is 18.0. The number of benzene rings is 1. The molecule has 2 heterocycles. The lowest BCUT2D eigenvalue weighted by molar-refractivity contribution is -0.116. The Labute approximate surface area is 155 Å². The molecule has 0 saturated heterocycles. The molecule has 0 saturated carbocycles. The fourth-order valence-electron chi connectivity index (χ4n) is 2.79. The molecule has 1 aromatic carbocycles. The maximum Gasteiger partial charge on any atom is 0.257 e. The van der Waals surface area contributed by atoms with Crippen LogP contribution < -0.4 is 15.6 Å². The van der Waals surface area contributed by atoms with Gasteiger partial charge in [-0.15, -0.1) is 6.58 Å². The summed E-state index contributed by atoms with van der Waals surface area (Å²) < 4.78 is 5.48. The Morgan fingerprint density at radius 2 is 2.00 bits per heavy atom. The van der Waals surface area contributed by atoms with Crippen molar-refractivity contribution in [2.75, 3.05) is 17.7 Å². The summed E-state index contributed by atoms with van der Waals surface area (Å²) in [7, 11) is 0. The van der Waals surface area contributed by atoms with E-state index < -0.39 is 0 Å². The fourth-order valence-corrected chi connectivity index (χ4v) is 3.39. The number of ether oxygens (including phenoxy) is 1. The third-order valence-corrected chi connectivity index (χ3v) is 4.79. The summed E-state index contributed by atoms with van der Waals surface area (Å²) in [5, 5.41) is 3.17. The third kappa shape index (κ3) is 3.88. The van der Waals surface area contributed by atoms with Gasteiger partial charge in [0.25, 0.3) is 5.56 Å². The first-order valence-corrected chi connectivity index (χ1v) is 9.12. The maximum absolute atomic E-state index is 12.6. The number of hydrogen-bond donors (Lipinski definition) is 2. The van der Waals surface area contributed by atoms with E-state index in [0.717, 1.165) is 5.56 Å². The van der Waals surface area contributed by atoms with Crippen molar-refractivity contribution in [1.82, 2.24) is 9.97 Å². The molecule has 2 N–H and O–H groups in total. The van der Waals surface area contributed by atoms with Gasteiger partial charge in [-0.25, -0.2) is 4.98 Å². The minimum atomic E-state index is -0.345. The van der Waals surface area contributed by atoms with E-state index in [1.807, 2.05) is 24.3 Å². The number of H-pyrrole nitrogens is 1. The minimum absolute atomic E-state index is 0.160. The van der Waals surface area contributed by atoms with E-state index in [-0.39, 0.29) is 23.8 Å². The monoisotopic (exact) mass is 369 g/mol. The van der Waals surface area contributed by atoms with Crippen LogP contribution in [0.1, 0.15) is 23.5 Å². The first-order valence-electron chi connectivity index (χ1n) is 8.13. The highest BCUT2D eigenvalue weighted by Gasteiger charge is 2.30. The van der Waals surface area contributed by atoms with Gasteiger partial charge >= 0.3 is 0 Å². The Balaban J connectivity index is 1.95. The second-order valence-corrected chi connectivity index (χ2v) is 6.72. The lowest BCUT2D eigenvalue weighted by atomic mass is 9.87. The van der Waals surface area contributed by atoms with Gasteiger partial charge in [-0.05, 0) is 17.7 Å². The van der Waals surface area contributed by atoms with Crippen molar-refractivity contribution in [2.24, 2.45) is 0 Å². The molecule has 0 unspecified atom stereocenters.